The van der Waals surface area contributed by atoms with Crippen LogP contribution in [0.25, 0.3) is 17.3 Å². The highest BCUT2D eigenvalue weighted by Crippen LogP contribution is 2.44. The molecule has 1 aromatic carbocycles. The zero-order chi connectivity index (χ0) is 24.5. The van der Waals surface area contributed by atoms with Crippen molar-refractivity contribution in [2.24, 2.45) is 0 Å². The minimum absolute atomic E-state index is 0.0239. The van der Waals surface area contributed by atoms with Gasteiger partial charge in [0.15, 0.2) is 0 Å². The SMILES string of the molecule is C/C=C/c1cccc(-c2nc(C(=O)NC3CCC3)cc3c2[C@@H](CCO)N([S@](=O)C(C)(C)C)C3)c1. The predicted molar refractivity (Wildman–Crippen MR) is 137 cm³/mol. The van der Waals surface area contributed by atoms with Gasteiger partial charge in [-0.1, -0.05) is 30.4 Å². The molecule has 2 heterocycles. The molecular formula is C27H35N3O3S. The maximum atomic E-state index is 13.5. The third kappa shape index (κ3) is 5.02. The number of pyridine rings is 1. The van der Waals surface area contributed by atoms with Crippen molar-refractivity contribution in [3.05, 3.63) is 58.8 Å². The molecule has 0 saturated heterocycles. The zero-order valence-corrected chi connectivity index (χ0v) is 21.3. The number of aliphatic hydroxyl groups excluding tert-OH is 1. The van der Waals surface area contributed by atoms with Gasteiger partial charge in [-0.25, -0.2) is 13.5 Å². The molecule has 0 unspecified atom stereocenters. The van der Waals surface area contributed by atoms with E-state index < -0.39 is 15.7 Å². The van der Waals surface area contributed by atoms with E-state index in [1.807, 2.05) is 68.4 Å². The Kier molecular flexibility index (Phi) is 7.36. The average molecular weight is 482 g/mol. The summed E-state index contributed by atoms with van der Waals surface area (Å²) in [4.78, 5) is 18.0. The van der Waals surface area contributed by atoms with Crippen molar-refractivity contribution in [1.82, 2.24) is 14.6 Å². The second-order valence-electron chi connectivity index (χ2n) is 10.1. The van der Waals surface area contributed by atoms with Crippen LogP contribution in [0.4, 0.5) is 0 Å². The molecule has 2 atom stereocenters. The Morgan fingerprint density at radius 1 is 1.29 bits per heavy atom. The Morgan fingerprint density at radius 3 is 2.68 bits per heavy atom. The van der Waals surface area contributed by atoms with E-state index in [9.17, 15) is 14.1 Å². The highest BCUT2D eigenvalue weighted by Gasteiger charge is 2.40. The summed E-state index contributed by atoms with van der Waals surface area (Å²) < 4.78 is 15.0. The van der Waals surface area contributed by atoms with E-state index in [2.05, 4.69) is 11.4 Å². The molecule has 34 heavy (non-hydrogen) atoms. The minimum Gasteiger partial charge on any atom is -0.396 e. The van der Waals surface area contributed by atoms with Crippen LogP contribution in [0.5, 0.6) is 0 Å². The van der Waals surface area contributed by atoms with Gasteiger partial charge in [0.25, 0.3) is 5.91 Å². The van der Waals surface area contributed by atoms with E-state index in [-0.39, 0.29) is 24.6 Å². The largest absolute Gasteiger partial charge is 0.396 e. The molecule has 1 saturated carbocycles. The minimum atomic E-state index is -1.28. The van der Waals surface area contributed by atoms with Crippen LogP contribution in [-0.4, -0.2) is 41.9 Å². The molecule has 1 aromatic heterocycles. The van der Waals surface area contributed by atoms with E-state index in [0.717, 1.165) is 47.2 Å². The molecule has 1 aliphatic carbocycles. The number of carbonyl (C=O) groups excluding carboxylic acids is 1. The van der Waals surface area contributed by atoms with E-state index in [1.54, 1.807) is 0 Å². The van der Waals surface area contributed by atoms with Crippen molar-refractivity contribution >= 4 is 23.0 Å². The first-order chi connectivity index (χ1) is 16.2. The number of allylic oxidation sites excluding steroid dienone is 1. The van der Waals surface area contributed by atoms with E-state index in [1.165, 1.54) is 0 Å². The number of nitrogens with one attached hydrogen (secondary N) is 1. The zero-order valence-electron chi connectivity index (χ0n) is 20.5. The summed E-state index contributed by atoms with van der Waals surface area (Å²) in [5.74, 6) is -0.160. The van der Waals surface area contributed by atoms with Crippen molar-refractivity contribution in [3.8, 4) is 11.3 Å². The molecule has 0 radical (unpaired) electrons. The molecule has 1 fully saturated rings. The van der Waals surface area contributed by atoms with Crippen molar-refractivity contribution in [3.63, 3.8) is 0 Å². The summed E-state index contributed by atoms with van der Waals surface area (Å²) in [5.41, 5.74) is 5.00. The van der Waals surface area contributed by atoms with Crippen LogP contribution in [0.1, 0.15) is 86.6 Å². The van der Waals surface area contributed by atoms with Gasteiger partial charge in [0, 0.05) is 30.3 Å². The van der Waals surface area contributed by atoms with Gasteiger partial charge in [-0.05, 0) is 76.6 Å². The molecule has 4 rings (SSSR count). The second kappa shape index (κ2) is 10.1. The van der Waals surface area contributed by atoms with Gasteiger partial charge in [-0.3, -0.25) is 4.79 Å². The van der Waals surface area contributed by atoms with Crippen molar-refractivity contribution in [2.75, 3.05) is 6.61 Å². The highest BCUT2D eigenvalue weighted by molar-refractivity contribution is 7.84. The van der Waals surface area contributed by atoms with Crippen LogP contribution in [0, 0.1) is 0 Å². The average Bonchev–Trinajstić information content (AvgIpc) is 3.13. The van der Waals surface area contributed by atoms with Crippen LogP contribution in [0.2, 0.25) is 0 Å². The quantitative estimate of drug-likeness (QED) is 0.597. The van der Waals surface area contributed by atoms with Gasteiger partial charge < -0.3 is 10.4 Å². The number of aromatic nitrogens is 1. The maximum absolute atomic E-state index is 13.5. The third-order valence-corrected chi connectivity index (χ3v) is 8.34. The van der Waals surface area contributed by atoms with Crippen LogP contribution < -0.4 is 5.32 Å². The fourth-order valence-electron chi connectivity index (χ4n) is 4.60. The summed E-state index contributed by atoms with van der Waals surface area (Å²) in [6.07, 6.45) is 7.62. The first kappa shape index (κ1) is 24.8. The standard InChI is InChI=1S/C27H35N3O3S/c1-5-8-18-9-6-10-19(15-18)25-24-20(16-22(29-25)26(32)28-21-11-7-12-21)17-30(23(24)13-14-31)34(33)27(2,3)4/h5-6,8-10,15-16,21,23,31H,7,11-14,17H2,1-4H3,(H,28,32)/b8-5+/t23-,34-/m1/s1. The molecule has 2 aliphatic rings. The molecule has 1 amide bonds. The van der Waals surface area contributed by atoms with E-state index in [4.69, 9.17) is 4.98 Å². The summed E-state index contributed by atoms with van der Waals surface area (Å²) in [6, 6.07) is 9.92. The van der Waals surface area contributed by atoms with E-state index >= 15 is 0 Å². The summed E-state index contributed by atoms with van der Waals surface area (Å²) in [6.45, 7) is 8.28. The second-order valence-corrected chi connectivity index (χ2v) is 12.3. The Labute approximate surface area is 205 Å². The fourth-order valence-corrected chi connectivity index (χ4v) is 6.00. The van der Waals surface area contributed by atoms with Crippen molar-refractivity contribution in [1.29, 1.82) is 0 Å². The van der Waals surface area contributed by atoms with Crippen LogP contribution in [-0.2, 0) is 17.5 Å². The molecule has 182 valence electrons. The van der Waals surface area contributed by atoms with Crippen LogP contribution >= 0.6 is 0 Å². The molecule has 7 heteroatoms. The smallest absolute Gasteiger partial charge is 0.270 e. The Hall–Kier alpha value is -2.35. The summed E-state index contributed by atoms with van der Waals surface area (Å²) in [7, 11) is -1.28. The lowest BCUT2D eigenvalue weighted by molar-refractivity contribution is 0.0912. The van der Waals surface area contributed by atoms with Crippen molar-refractivity contribution < 1.29 is 14.1 Å². The van der Waals surface area contributed by atoms with Gasteiger partial charge in [0.2, 0.25) is 0 Å². The number of benzene rings is 1. The van der Waals surface area contributed by atoms with Gasteiger partial charge in [-0.2, -0.15) is 0 Å². The maximum Gasteiger partial charge on any atom is 0.270 e. The lowest BCUT2D eigenvalue weighted by atomic mass is 9.92. The molecule has 6 nitrogen and oxygen atoms in total. The van der Waals surface area contributed by atoms with Crippen LogP contribution in [0.15, 0.2) is 36.4 Å². The summed E-state index contributed by atoms with van der Waals surface area (Å²) in [5, 5.41) is 13.0. The fraction of sp³-hybridized carbons (Fsp3) is 0.481. The summed E-state index contributed by atoms with van der Waals surface area (Å²) >= 11 is 0. The number of aliphatic hydroxyl groups is 1. The Balaban J connectivity index is 1.85. The molecule has 2 aromatic rings. The molecule has 2 N–H and O–H groups in total. The molecule has 0 bridgehead atoms. The lowest BCUT2D eigenvalue weighted by Crippen LogP contribution is -2.39. The van der Waals surface area contributed by atoms with Gasteiger partial charge >= 0.3 is 0 Å². The third-order valence-electron chi connectivity index (χ3n) is 6.48. The van der Waals surface area contributed by atoms with Gasteiger partial charge in [0.1, 0.15) is 16.7 Å². The van der Waals surface area contributed by atoms with E-state index in [0.29, 0.717) is 18.7 Å². The number of rotatable bonds is 7. The Morgan fingerprint density at radius 2 is 2.06 bits per heavy atom. The normalized spacial score (nSPS) is 19.7. The monoisotopic (exact) mass is 481 g/mol. The first-order valence-corrected chi connectivity index (χ1v) is 13.2. The Bertz CT molecular complexity index is 1120. The number of carbonyl (C=O) groups is 1. The van der Waals surface area contributed by atoms with Crippen LogP contribution in [0.3, 0.4) is 0 Å². The number of nitrogens with zero attached hydrogens (tertiary/aromatic N) is 2. The first-order valence-electron chi connectivity index (χ1n) is 12.1. The number of amides is 1. The number of fused-ring (bicyclic) bond motifs is 1. The molecule has 1 aliphatic heterocycles. The molecular weight excluding hydrogens is 446 g/mol. The highest BCUT2D eigenvalue weighted by atomic mass is 32.2. The van der Waals surface area contributed by atoms with Gasteiger partial charge in [0.05, 0.1) is 16.5 Å². The topological polar surface area (TPSA) is 82.5 Å². The predicted octanol–water partition coefficient (Wildman–Crippen LogP) is 4.77. The van der Waals surface area contributed by atoms with Crippen molar-refractivity contribution in [2.45, 2.75) is 76.8 Å². The number of hydrogen-bond acceptors (Lipinski definition) is 4. The number of hydrogen-bond donors (Lipinski definition) is 2. The van der Waals surface area contributed by atoms with Gasteiger partial charge in [-0.15, -0.1) is 0 Å². The lowest BCUT2D eigenvalue weighted by Gasteiger charge is -2.30. The molecule has 0 spiro atoms.